The summed E-state index contributed by atoms with van der Waals surface area (Å²) in [7, 11) is -3.69. The molecule has 0 saturated heterocycles. The Morgan fingerprint density at radius 2 is 1.76 bits per heavy atom. The summed E-state index contributed by atoms with van der Waals surface area (Å²) in [5, 5.41) is 2.65. The Kier molecular flexibility index (Phi) is 7.49. The van der Waals surface area contributed by atoms with Crippen LogP contribution in [0.2, 0.25) is 0 Å². The number of alkyl halides is 3. The van der Waals surface area contributed by atoms with Gasteiger partial charge in [-0.2, -0.15) is 13.2 Å². The predicted octanol–water partition coefficient (Wildman–Crippen LogP) is 4.47. The zero-order valence-electron chi connectivity index (χ0n) is 20.2. The Morgan fingerprint density at radius 3 is 2.42 bits per heavy atom. The standard InChI is InChI=1S/C25H23F4N3O5S/c1-14(15-3-6-19(18(26)11-15)32-38(2,34)35)24(33)30-13-17-5-8-22(25(27,28)29)31-23(17)16-4-7-20-21(12-16)37-10-9-36-20/h3-8,11-12,14,32H,9-10,13H2,1-2H3,(H,30,33). The van der Waals surface area contributed by atoms with E-state index in [-0.39, 0.29) is 23.5 Å². The molecule has 2 aromatic carbocycles. The van der Waals surface area contributed by atoms with Crippen molar-refractivity contribution in [1.29, 1.82) is 0 Å². The maximum Gasteiger partial charge on any atom is 0.433 e. The fourth-order valence-electron chi connectivity index (χ4n) is 3.80. The highest BCUT2D eigenvalue weighted by Gasteiger charge is 2.33. The molecule has 202 valence electrons. The molecule has 4 rings (SSSR count). The lowest BCUT2D eigenvalue weighted by molar-refractivity contribution is -0.141. The number of nitrogens with zero attached hydrogens (tertiary/aromatic N) is 1. The number of benzene rings is 2. The molecule has 2 N–H and O–H groups in total. The number of aromatic nitrogens is 1. The number of ether oxygens (including phenoxy) is 2. The Bertz CT molecular complexity index is 1480. The Balaban J connectivity index is 1.56. The molecule has 0 spiro atoms. The predicted molar refractivity (Wildman–Crippen MR) is 131 cm³/mol. The number of carbonyl (C=O) groups excluding carboxylic acids is 1. The van der Waals surface area contributed by atoms with Gasteiger partial charge in [0.25, 0.3) is 0 Å². The highest BCUT2D eigenvalue weighted by molar-refractivity contribution is 7.92. The number of carbonyl (C=O) groups is 1. The van der Waals surface area contributed by atoms with E-state index in [1.54, 1.807) is 12.1 Å². The third-order valence-electron chi connectivity index (χ3n) is 5.72. The average molecular weight is 554 g/mol. The zero-order chi connectivity index (χ0) is 27.7. The van der Waals surface area contributed by atoms with Gasteiger partial charge in [-0.3, -0.25) is 9.52 Å². The van der Waals surface area contributed by atoms with Crippen molar-refractivity contribution < 1.29 is 40.2 Å². The van der Waals surface area contributed by atoms with E-state index in [1.807, 2.05) is 4.72 Å². The monoisotopic (exact) mass is 553 g/mol. The maximum absolute atomic E-state index is 14.4. The van der Waals surface area contributed by atoms with Gasteiger partial charge in [0.05, 0.1) is 23.6 Å². The van der Waals surface area contributed by atoms with Crippen molar-refractivity contribution >= 4 is 21.6 Å². The maximum atomic E-state index is 14.4. The third-order valence-corrected chi connectivity index (χ3v) is 6.31. The van der Waals surface area contributed by atoms with Crippen molar-refractivity contribution in [3.8, 4) is 22.8 Å². The van der Waals surface area contributed by atoms with Crippen LogP contribution in [0.3, 0.4) is 0 Å². The molecular weight excluding hydrogens is 530 g/mol. The normalized spacial score (nSPS) is 14.1. The number of hydrogen-bond acceptors (Lipinski definition) is 6. The second kappa shape index (κ2) is 10.5. The van der Waals surface area contributed by atoms with Crippen LogP contribution in [0.1, 0.15) is 29.7 Å². The quantitative estimate of drug-likeness (QED) is 0.419. The molecule has 1 aliphatic heterocycles. The summed E-state index contributed by atoms with van der Waals surface area (Å²) in [5.74, 6) is -1.41. The SMILES string of the molecule is CC(C(=O)NCc1ccc(C(F)(F)F)nc1-c1ccc2c(c1)OCCO2)c1ccc(NS(C)(=O)=O)c(F)c1. The van der Waals surface area contributed by atoms with Gasteiger partial charge in [0.2, 0.25) is 15.9 Å². The van der Waals surface area contributed by atoms with Gasteiger partial charge >= 0.3 is 6.18 Å². The van der Waals surface area contributed by atoms with Crippen LogP contribution in [0.4, 0.5) is 23.2 Å². The van der Waals surface area contributed by atoms with Crippen molar-refractivity contribution in [3.63, 3.8) is 0 Å². The minimum Gasteiger partial charge on any atom is -0.486 e. The van der Waals surface area contributed by atoms with Gasteiger partial charge in [-0.05, 0) is 54.4 Å². The second-order valence-electron chi connectivity index (χ2n) is 8.61. The van der Waals surface area contributed by atoms with Gasteiger partial charge < -0.3 is 14.8 Å². The number of halogens is 4. The molecule has 2 heterocycles. The van der Waals surface area contributed by atoms with E-state index < -0.39 is 39.5 Å². The van der Waals surface area contributed by atoms with Crippen molar-refractivity contribution in [1.82, 2.24) is 10.3 Å². The average Bonchev–Trinajstić information content (AvgIpc) is 2.86. The minimum atomic E-state index is -4.68. The summed E-state index contributed by atoms with van der Waals surface area (Å²) >= 11 is 0. The summed E-state index contributed by atoms with van der Waals surface area (Å²) in [6.45, 7) is 2.00. The molecule has 1 unspecified atom stereocenters. The molecule has 0 aliphatic carbocycles. The summed E-state index contributed by atoms with van der Waals surface area (Å²) in [6, 6.07) is 10.4. The van der Waals surface area contributed by atoms with Crippen LogP contribution in [0, 0.1) is 5.82 Å². The Labute approximate surface area is 216 Å². The Morgan fingerprint density at radius 1 is 1.05 bits per heavy atom. The van der Waals surface area contributed by atoms with Crippen LogP contribution >= 0.6 is 0 Å². The van der Waals surface area contributed by atoms with Crippen molar-refractivity contribution in [2.24, 2.45) is 0 Å². The first-order valence-corrected chi connectivity index (χ1v) is 13.2. The van der Waals surface area contributed by atoms with Crippen molar-refractivity contribution in [2.75, 3.05) is 24.2 Å². The molecule has 38 heavy (non-hydrogen) atoms. The van der Waals surface area contributed by atoms with Gasteiger partial charge in [-0.1, -0.05) is 12.1 Å². The van der Waals surface area contributed by atoms with E-state index in [0.717, 1.165) is 18.4 Å². The van der Waals surface area contributed by atoms with Crippen LogP contribution in [0.15, 0.2) is 48.5 Å². The topological polar surface area (TPSA) is 107 Å². The molecule has 8 nitrogen and oxygen atoms in total. The number of anilines is 1. The van der Waals surface area contributed by atoms with E-state index in [4.69, 9.17) is 9.47 Å². The van der Waals surface area contributed by atoms with Gasteiger partial charge in [-0.15, -0.1) is 0 Å². The number of fused-ring (bicyclic) bond motifs is 1. The fraction of sp³-hybridized carbons (Fsp3) is 0.280. The molecule has 1 atom stereocenters. The lowest BCUT2D eigenvalue weighted by Crippen LogP contribution is -2.28. The van der Waals surface area contributed by atoms with Crippen LogP contribution in [0.5, 0.6) is 11.5 Å². The van der Waals surface area contributed by atoms with E-state index >= 15 is 0 Å². The summed E-state index contributed by atoms with van der Waals surface area (Å²) in [5.41, 5.74) is -0.417. The molecule has 1 aromatic heterocycles. The number of amides is 1. The zero-order valence-corrected chi connectivity index (χ0v) is 21.0. The summed E-state index contributed by atoms with van der Waals surface area (Å²) < 4.78 is 90.3. The number of nitrogens with one attached hydrogen (secondary N) is 2. The highest BCUT2D eigenvalue weighted by atomic mass is 32.2. The molecule has 1 aliphatic rings. The van der Waals surface area contributed by atoms with E-state index in [9.17, 15) is 30.8 Å². The van der Waals surface area contributed by atoms with Crippen LogP contribution in [-0.2, 0) is 27.5 Å². The molecule has 0 saturated carbocycles. The molecule has 0 radical (unpaired) electrons. The lowest BCUT2D eigenvalue weighted by atomic mass is 9.99. The minimum absolute atomic E-state index is 0.00648. The summed E-state index contributed by atoms with van der Waals surface area (Å²) in [6.07, 6.45) is -3.80. The van der Waals surface area contributed by atoms with Crippen molar-refractivity contribution in [3.05, 3.63) is 71.2 Å². The first-order chi connectivity index (χ1) is 17.8. The van der Waals surface area contributed by atoms with Gasteiger partial charge in [0.15, 0.2) is 11.5 Å². The lowest BCUT2D eigenvalue weighted by Gasteiger charge is -2.20. The second-order valence-corrected chi connectivity index (χ2v) is 10.4. The number of pyridine rings is 1. The molecule has 0 fully saturated rings. The number of rotatable bonds is 7. The van der Waals surface area contributed by atoms with E-state index in [2.05, 4.69) is 10.3 Å². The Hall–Kier alpha value is -3.87. The van der Waals surface area contributed by atoms with Crippen LogP contribution in [-0.4, -0.2) is 38.8 Å². The number of sulfonamides is 1. The molecular formula is C25H23F4N3O5S. The first-order valence-electron chi connectivity index (χ1n) is 11.3. The van der Waals surface area contributed by atoms with E-state index in [1.165, 1.54) is 31.2 Å². The van der Waals surface area contributed by atoms with E-state index in [0.29, 0.717) is 35.8 Å². The third kappa shape index (κ3) is 6.33. The molecule has 13 heteroatoms. The smallest absolute Gasteiger partial charge is 0.433 e. The van der Waals surface area contributed by atoms with Gasteiger partial charge in [-0.25, -0.2) is 17.8 Å². The highest BCUT2D eigenvalue weighted by Crippen LogP contribution is 2.37. The van der Waals surface area contributed by atoms with Crippen LogP contribution < -0.4 is 19.5 Å². The number of hydrogen-bond donors (Lipinski definition) is 2. The summed E-state index contributed by atoms with van der Waals surface area (Å²) in [4.78, 5) is 16.6. The van der Waals surface area contributed by atoms with Crippen molar-refractivity contribution in [2.45, 2.75) is 25.6 Å². The first kappa shape index (κ1) is 27.2. The van der Waals surface area contributed by atoms with Crippen LogP contribution in [0.25, 0.3) is 11.3 Å². The molecule has 1 amide bonds. The van der Waals surface area contributed by atoms with Gasteiger partial charge in [0.1, 0.15) is 24.7 Å². The molecule has 0 bridgehead atoms. The molecule has 3 aromatic rings. The fourth-order valence-corrected chi connectivity index (χ4v) is 4.36. The van der Waals surface area contributed by atoms with Gasteiger partial charge in [0, 0.05) is 12.1 Å². The largest absolute Gasteiger partial charge is 0.486 e.